The second kappa shape index (κ2) is 7.42. The summed E-state index contributed by atoms with van der Waals surface area (Å²) in [7, 11) is 0. The topological polar surface area (TPSA) is 38.1 Å². The molecule has 1 aliphatic rings. The third kappa shape index (κ3) is 3.63. The molecule has 4 nitrogen and oxygen atoms in total. The molecule has 0 spiro atoms. The van der Waals surface area contributed by atoms with Gasteiger partial charge in [0.2, 0.25) is 0 Å². The summed E-state index contributed by atoms with van der Waals surface area (Å²) in [5.74, 6) is 0.638. The zero-order valence-corrected chi connectivity index (χ0v) is 15.9. The zero-order chi connectivity index (χ0) is 18.0. The highest BCUT2D eigenvalue weighted by atomic mass is 16.2. The first-order chi connectivity index (χ1) is 12.0. The van der Waals surface area contributed by atoms with Crippen molar-refractivity contribution in [3.63, 3.8) is 0 Å². The number of hydrogen-bond donors (Lipinski definition) is 0. The van der Waals surface area contributed by atoms with Crippen molar-refractivity contribution in [2.24, 2.45) is 5.92 Å². The Hall–Kier alpha value is -2.10. The minimum absolute atomic E-state index is 0.170. The van der Waals surface area contributed by atoms with Crippen LogP contribution in [0.5, 0.6) is 0 Å². The highest BCUT2D eigenvalue weighted by Gasteiger charge is 2.28. The fourth-order valence-corrected chi connectivity index (χ4v) is 3.58. The average Bonchev–Trinajstić information content (AvgIpc) is 3.22. The van der Waals surface area contributed by atoms with Crippen LogP contribution in [0.1, 0.15) is 60.9 Å². The summed E-state index contributed by atoms with van der Waals surface area (Å²) in [5, 5.41) is 4.88. The zero-order valence-electron chi connectivity index (χ0n) is 15.9. The van der Waals surface area contributed by atoms with Gasteiger partial charge in [-0.25, -0.2) is 4.68 Å². The van der Waals surface area contributed by atoms with Crippen molar-refractivity contribution in [3.8, 4) is 5.69 Å². The number of hydrogen-bond acceptors (Lipinski definition) is 2. The molecule has 134 valence electrons. The van der Waals surface area contributed by atoms with Gasteiger partial charge in [-0.1, -0.05) is 38.5 Å². The van der Waals surface area contributed by atoms with Gasteiger partial charge in [-0.15, -0.1) is 0 Å². The molecule has 3 rings (SSSR count). The molecule has 1 aromatic carbocycles. The van der Waals surface area contributed by atoms with Gasteiger partial charge in [0.25, 0.3) is 5.91 Å². The molecule has 4 heteroatoms. The molecular formula is C21H29N3O. The van der Waals surface area contributed by atoms with Crippen LogP contribution in [0.25, 0.3) is 5.69 Å². The van der Waals surface area contributed by atoms with Crippen LogP contribution in [0, 0.1) is 12.8 Å². The van der Waals surface area contributed by atoms with Crippen LogP contribution in [0.4, 0.5) is 0 Å². The second-order valence-electron chi connectivity index (χ2n) is 7.47. The number of carbonyl (C=O) groups excluding carboxylic acids is 1. The van der Waals surface area contributed by atoms with Crippen LogP contribution < -0.4 is 0 Å². The van der Waals surface area contributed by atoms with E-state index in [0.717, 1.165) is 61.4 Å². The number of nitrogens with zero attached hydrogens (tertiary/aromatic N) is 3. The number of aromatic nitrogens is 2. The Morgan fingerprint density at radius 2 is 1.80 bits per heavy atom. The third-order valence-corrected chi connectivity index (χ3v) is 4.88. The van der Waals surface area contributed by atoms with E-state index < -0.39 is 0 Å². The Balaban J connectivity index is 2.10. The maximum atomic E-state index is 13.2. The first-order valence-corrected chi connectivity index (χ1v) is 9.48. The standard InChI is InChI=1S/C21H29N3O/c1-5-19-20(21(25)23-12-6-7-13-23)18(14-15(2)3)22-24(19)17-10-8-16(4)9-11-17/h8-11,15H,5-7,12-14H2,1-4H3. The maximum Gasteiger partial charge on any atom is 0.257 e. The van der Waals surface area contributed by atoms with E-state index in [4.69, 9.17) is 5.10 Å². The number of aryl methyl sites for hydroxylation is 1. The highest BCUT2D eigenvalue weighted by molar-refractivity contribution is 5.97. The first kappa shape index (κ1) is 17.7. The quantitative estimate of drug-likeness (QED) is 0.820. The predicted octanol–water partition coefficient (Wildman–Crippen LogP) is 4.18. The summed E-state index contributed by atoms with van der Waals surface area (Å²) < 4.78 is 1.99. The van der Waals surface area contributed by atoms with E-state index in [9.17, 15) is 4.79 Å². The molecule has 1 aliphatic heterocycles. The number of amides is 1. The maximum absolute atomic E-state index is 13.2. The van der Waals surface area contributed by atoms with Crippen LogP contribution in [0.2, 0.25) is 0 Å². The normalized spacial score (nSPS) is 14.5. The molecule has 1 amide bonds. The Morgan fingerprint density at radius 1 is 1.16 bits per heavy atom. The van der Waals surface area contributed by atoms with Crippen LogP contribution in [0.3, 0.4) is 0 Å². The Kier molecular flexibility index (Phi) is 5.26. The third-order valence-electron chi connectivity index (χ3n) is 4.88. The molecule has 2 heterocycles. The van der Waals surface area contributed by atoms with E-state index in [-0.39, 0.29) is 5.91 Å². The summed E-state index contributed by atoms with van der Waals surface area (Å²) in [6.45, 7) is 10.3. The first-order valence-electron chi connectivity index (χ1n) is 9.48. The number of rotatable bonds is 5. The van der Waals surface area contributed by atoms with Gasteiger partial charge >= 0.3 is 0 Å². The SMILES string of the molecule is CCc1c(C(=O)N2CCCC2)c(CC(C)C)nn1-c1ccc(C)cc1. The Bertz CT molecular complexity index is 737. The molecule has 0 bridgehead atoms. The largest absolute Gasteiger partial charge is 0.339 e. The molecule has 1 saturated heterocycles. The van der Waals surface area contributed by atoms with Gasteiger partial charge in [0.1, 0.15) is 0 Å². The minimum Gasteiger partial charge on any atom is -0.339 e. The van der Waals surface area contributed by atoms with Crippen molar-refractivity contribution >= 4 is 5.91 Å². The molecule has 2 aromatic rings. The lowest BCUT2D eigenvalue weighted by Crippen LogP contribution is -2.29. The molecule has 0 N–H and O–H groups in total. The molecule has 25 heavy (non-hydrogen) atoms. The minimum atomic E-state index is 0.170. The molecule has 0 aliphatic carbocycles. The van der Waals surface area contributed by atoms with Crippen molar-refractivity contribution in [3.05, 3.63) is 46.8 Å². The van der Waals surface area contributed by atoms with Crippen LogP contribution >= 0.6 is 0 Å². The van der Waals surface area contributed by atoms with E-state index in [0.29, 0.717) is 5.92 Å². The van der Waals surface area contributed by atoms with Gasteiger partial charge in [-0.2, -0.15) is 5.10 Å². The molecule has 0 saturated carbocycles. The number of benzene rings is 1. The van der Waals surface area contributed by atoms with Crippen molar-refractivity contribution < 1.29 is 4.79 Å². The van der Waals surface area contributed by atoms with Crippen molar-refractivity contribution in [1.29, 1.82) is 0 Å². The van der Waals surface area contributed by atoms with Crippen molar-refractivity contribution in [2.75, 3.05) is 13.1 Å². The molecular weight excluding hydrogens is 310 g/mol. The summed E-state index contributed by atoms with van der Waals surface area (Å²) >= 11 is 0. The average molecular weight is 339 g/mol. The monoisotopic (exact) mass is 339 g/mol. The van der Waals surface area contributed by atoms with E-state index in [1.807, 2.05) is 9.58 Å². The molecule has 0 radical (unpaired) electrons. The summed E-state index contributed by atoms with van der Waals surface area (Å²) in [6, 6.07) is 8.37. The Labute approximate surface area is 150 Å². The summed E-state index contributed by atoms with van der Waals surface area (Å²) in [4.78, 5) is 15.2. The van der Waals surface area contributed by atoms with Gasteiger partial charge in [0.05, 0.1) is 22.6 Å². The van der Waals surface area contributed by atoms with Crippen LogP contribution in [-0.4, -0.2) is 33.7 Å². The lowest BCUT2D eigenvalue weighted by atomic mass is 10.0. The Morgan fingerprint density at radius 3 is 2.36 bits per heavy atom. The smallest absolute Gasteiger partial charge is 0.257 e. The fraction of sp³-hybridized carbons (Fsp3) is 0.524. The fourth-order valence-electron chi connectivity index (χ4n) is 3.58. The van der Waals surface area contributed by atoms with E-state index in [1.165, 1.54) is 5.56 Å². The molecule has 1 aromatic heterocycles. The lowest BCUT2D eigenvalue weighted by molar-refractivity contribution is 0.0790. The van der Waals surface area contributed by atoms with E-state index in [2.05, 4.69) is 52.0 Å². The van der Waals surface area contributed by atoms with Crippen molar-refractivity contribution in [1.82, 2.24) is 14.7 Å². The van der Waals surface area contributed by atoms with E-state index >= 15 is 0 Å². The molecule has 0 unspecified atom stereocenters. The van der Waals surface area contributed by atoms with Crippen molar-refractivity contribution in [2.45, 2.75) is 53.4 Å². The number of carbonyl (C=O) groups is 1. The summed E-state index contributed by atoms with van der Waals surface area (Å²) in [5.41, 5.74) is 5.09. The van der Waals surface area contributed by atoms with Gasteiger partial charge < -0.3 is 4.90 Å². The summed E-state index contributed by atoms with van der Waals surface area (Å²) in [6.07, 6.45) is 3.85. The molecule has 1 fully saturated rings. The van der Waals surface area contributed by atoms with Gasteiger partial charge in [-0.3, -0.25) is 4.79 Å². The van der Waals surface area contributed by atoms with Gasteiger partial charge in [0.15, 0.2) is 0 Å². The predicted molar refractivity (Wildman–Crippen MR) is 101 cm³/mol. The van der Waals surface area contributed by atoms with Crippen LogP contribution in [-0.2, 0) is 12.8 Å². The van der Waals surface area contributed by atoms with Crippen LogP contribution in [0.15, 0.2) is 24.3 Å². The van der Waals surface area contributed by atoms with E-state index in [1.54, 1.807) is 0 Å². The molecule has 0 atom stereocenters. The second-order valence-corrected chi connectivity index (χ2v) is 7.47. The van der Waals surface area contributed by atoms with Gasteiger partial charge in [-0.05, 0) is 50.7 Å². The number of likely N-dealkylation sites (tertiary alicyclic amines) is 1. The van der Waals surface area contributed by atoms with Gasteiger partial charge in [0, 0.05) is 13.1 Å². The highest BCUT2D eigenvalue weighted by Crippen LogP contribution is 2.25. The lowest BCUT2D eigenvalue weighted by Gasteiger charge is -2.17.